The monoisotopic (exact) mass is 416 g/mol. The Kier molecular flexibility index (Phi) is 6.22. The Bertz CT molecular complexity index is 607. The molecule has 9 atom stereocenters. The van der Waals surface area contributed by atoms with Gasteiger partial charge in [-0.1, -0.05) is 48.5 Å². The third-order valence-electron chi connectivity index (χ3n) is 12.2. The van der Waals surface area contributed by atoms with E-state index in [0.717, 1.165) is 54.3 Å². The van der Waals surface area contributed by atoms with Crippen molar-refractivity contribution >= 4 is 0 Å². The fourth-order valence-electron chi connectivity index (χ4n) is 9.30. The highest BCUT2D eigenvalue weighted by Gasteiger charge is 2.60. The zero-order chi connectivity index (χ0) is 21.9. The molecule has 5 unspecified atom stereocenters. The minimum absolute atomic E-state index is 0.0136. The summed E-state index contributed by atoms with van der Waals surface area (Å²) in [6.45, 7) is 17.7. The first kappa shape index (κ1) is 23.1. The SMILES string of the molecule is CC(CCC(C)(C)C(C)C)[C@H]1CCC2C3CCC4C[C@@H](O)CC[C@]4(C)C3CC[C@@]21C. The van der Waals surface area contributed by atoms with Gasteiger partial charge in [-0.15, -0.1) is 0 Å². The average molecular weight is 417 g/mol. The van der Waals surface area contributed by atoms with Crippen LogP contribution in [-0.4, -0.2) is 11.2 Å². The molecule has 174 valence electrons. The standard InChI is InChI=1S/C29H52O/c1-19(2)27(4,5)15-12-20(3)24-10-11-25-23-9-8-21-18-22(30)13-16-28(21,6)26(23)14-17-29(24,25)7/h19-26,30H,8-18H2,1-7H3/t20?,21?,22-,23?,24+,25?,26?,28-,29+/m0/s1. The highest BCUT2D eigenvalue weighted by Crippen LogP contribution is 2.68. The lowest BCUT2D eigenvalue weighted by molar-refractivity contribution is -0.129. The molecule has 0 heterocycles. The first-order valence-corrected chi connectivity index (χ1v) is 13.7. The van der Waals surface area contributed by atoms with Gasteiger partial charge in [-0.25, -0.2) is 0 Å². The molecule has 0 aromatic carbocycles. The Morgan fingerprint density at radius 1 is 0.867 bits per heavy atom. The van der Waals surface area contributed by atoms with Crippen LogP contribution in [-0.2, 0) is 0 Å². The van der Waals surface area contributed by atoms with Crippen LogP contribution in [0.4, 0.5) is 0 Å². The molecule has 1 N–H and O–H groups in total. The molecular formula is C29H52O. The molecule has 1 nitrogen and oxygen atoms in total. The molecule has 0 aromatic heterocycles. The number of rotatable bonds is 5. The van der Waals surface area contributed by atoms with Gasteiger partial charge in [0.25, 0.3) is 0 Å². The predicted octanol–water partition coefficient (Wildman–Crippen LogP) is 8.10. The summed E-state index contributed by atoms with van der Waals surface area (Å²) in [5.41, 5.74) is 1.59. The minimum atomic E-state index is -0.0136. The van der Waals surface area contributed by atoms with Crippen molar-refractivity contribution in [3.05, 3.63) is 0 Å². The van der Waals surface area contributed by atoms with Gasteiger partial charge in [-0.3, -0.25) is 0 Å². The van der Waals surface area contributed by atoms with Crippen LogP contribution < -0.4 is 0 Å². The van der Waals surface area contributed by atoms with Crippen molar-refractivity contribution in [1.29, 1.82) is 0 Å². The van der Waals surface area contributed by atoms with Gasteiger partial charge in [0.05, 0.1) is 6.10 Å². The summed E-state index contributed by atoms with van der Waals surface area (Å²) >= 11 is 0. The first-order valence-electron chi connectivity index (χ1n) is 13.7. The molecule has 30 heavy (non-hydrogen) atoms. The van der Waals surface area contributed by atoms with Crippen molar-refractivity contribution in [2.45, 2.75) is 125 Å². The van der Waals surface area contributed by atoms with Gasteiger partial charge in [0, 0.05) is 0 Å². The van der Waals surface area contributed by atoms with E-state index in [2.05, 4.69) is 48.5 Å². The Balaban J connectivity index is 1.46. The van der Waals surface area contributed by atoms with Crippen LogP contribution in [0.1, 0.15) is 119 Å². The van der Waals surface area contributed by atoms with E-state index in [0.29, 0.717) is 16.2 Å². The molecule has 4 aliphatic carbocycles. The molecule has 4 aliphatic rings. The maximum Gasteiger partial charge on any atom is 0.0543 e. The Morgan fingerprint density at radius 2 is 1.53 bits per heavy atom. The van der Waals surface area contributed by atoms with E-state index < -0.39 is 0 Å². The van der Waals surface area contributed by atoms with Crippen molar-refractivity contribution < 1.29 is 5.11 Å². The molecule has 4 rings (SSSR count). The lowest BCUT2D eigenvalue weighted by atomic mass is 9.44. The highest BCUT2D eigenvalue weighted by molar-refractivity contribution is 5.09. The predicted molar refractivity (Wildman–Crippen MR) is 128 cm³/mol. The van der Waals surface area contributed by atoms with E-state index in [1.807, 2.05) is 0 Å². The molecule has 4 saturated carbocycles. The molecule has 0 bridgehead atoms. The Labute approximate surface area is 188 Å². The summed E-state index contributed by atoms with van der Waals surface area (Å²) < 4.78 is 0. The lowest BCUT2D eigenvalue weighted by Crippen LogP contribution is -2.54. The van der Waals surface area contributed by atoms with Crippen molar-refractivity contribution in [1.82, 2.24) is 0 Å². The first-order chi connectivity index (χ1) is 14.0. The van der Waals surface area contributed by atoms with E-state index in [4.69, 9.17) is 0 Å². The second kappa shape index (κ2) is 8.07. The van der Waals surface area contributed by atoms with Gasteiger partial charge < -0.3 is 5.11 Å². The summed E-state index contributed by atoms with van der Waals surface area (Å²) in [4.78, 5) is 0. The molecule has 0 spiro atoms. The zero-order valence-corrected chi connectivity index (χ0v) is 21.3. The van der Waals surface area contributed by atoms with Crippen LogP contribution in [0.2, 0.25) is 0 Å². The maximum atomic E-state index is 10.3. The number of hydrogen-bond donors (Lipinski definition) is 1. The fourth-order valence-corrected chi connectivity index (χ4v) is 9.30. The lowest BCUT2D eigenvalue weighted by Gasteiger charge is -2.61. The number of fused-ring (bicyclic) bond motifs is 5. The van der Waals surface area contributed by atoms with Crippen LogP contribution in [0.15, 0.2) is 0 Å². The quantitative estimate of drug-likeness (QED) is 0.480. The van der Waals surface area contributed by atoms with E-state index in [-0.39, 0.29) is 6.10 Å². The van der Waals surface area contributed by atoms with E-state index >= 15 is 0 Å². The third kappa shape index (κ3) is 3.72. The Morgan fingerprint density at radius 3 is 2.23 bits per heavy atom. The van der Waals surface area contributed by atoms with Crippen molar-refractivity contribution in [3.8, 4) is 0 Å². The molecule has 0 amide bonds. The van der Waals surface area contributed by atoms with Crippen LogP contribution in [0.25, 0.3) is 0 Å². The van der Waals surface area contributed by atoms with Crippen LogP contribution >= 0.6 is 0 Å². The van der Waals surface area contributed by atoms with Gasteiger partial charge in [0.15, 0.2) is 0 Å². The van der Waals surface area contributed by atoms with E-state index in [1.165, 1.54) is 57.8 Å². The third-order valence-corrected chi connectivity index (χ3v) is 12.2. The summed E-state index contributed by atoms with van der Waals surface area (Å²) in [6.07, 6.45) is 15.0. The van der Waals surface area contributed by atoms with Crippen LogP contribution in [0.5, 0.6) is 0 Å². The van der Waals surface area contributed by atoms with Crippen LogP contribution in [0, 0.1) is 57.7 Å². The van der Waals surface area contributed by atoms with Gasteiger partial charge in [-0.2, -0.15) is 0 Å². The summed E-state index contributed by atoms with van der Waals surface area (Å²) in [6, 6.07) is 0. The maximum absolute atomic E-state index is 10.3. The normalized spacial score (nSPS) is 47.5. The Hall–Kier alpha value is -0.0400. The molecule has 0 aliphatic heterocycles. The second-order valence-electron chi connectivity index (χ2n) is 14.0. The molecular weight excluding hydrogens is 364 g/mol. The topological polar surface area (TPSA) is 20.2 Å². The molecule has 0 radical (unpaired) electrons. The summed E-state index contributed by atoms with van der Waals surface area (Å²) in [5.74, 6) is 6.29. The highest BCUT2D eigenvalue weighted by atomic mass is 16.3. The van der Waals surface area contributed by atoms with Gasteiger partial charge in [0.1, 0.15) is 0 Å². The van der Waals surface area contributed by atoms with Crippen LogP contribution in [0.3, 0.4) is 0 Å². The van der Waals surface area contributed by atoms with E-state index in [1.54, 1.807) is 0 Å². The fraction of sp³-hybridized carbons (Fsp3) is 1.00. The molecule has 0 saturated heterocycles. The van der Waals surface area contributed by atoms with Gasteiger partial charge in [0.2, 0.25) is 0 Å². The summed E-state index contributed by atoms with van der Waals surface area (Å²) in [7, 11) is 0. The zero-order valence-electron chi connectivity index (χ0n) is 21.3. The molecule has 0 aromatic rings. The average Bonchev–Trinajstić information content (AvgIpc) is 3.04. The van der Waals surface area contributed by atoms with Crippen molar-refractivity contribution in [2.75, 3.05) is 0 Å². The largest absolute Gasteiger partial charge is 0.393 e. The van der Waals surface area contributed by atoms with Gasteiger partial charge >= 0.3 is 0 Å². The number of aliphatic hydroxyl groups is 1. The molecule has 1 heteroatoms. The van der Waals surface area contributed by atoms with E-state index in [9.17, 15) is 5.11 Å². The minimum Gasteiger partial charge on any atom is -0.393 e. The second-order valence-corrected chi connectivity index (χ2v) is 14.0. The smallest absolute Gasteiger partial charge is 0.0543 e. The van der Waals surface area contributed by atoms with Crippen molar-refractivity contribution in [3.63, 3.8) is 0 Å². The van der Waals surface area contributed by atoms with Crippen molar-refractivity contribution in [2.24, 2.45) is 57.7 Å². The number of aliphatic hydroxyl groups excluding tert-OH is 1. The van der Waals surface area contributed by atoms with Gasteiger partial charge in [-0.05, 0) is 128 Å². The molecule has 4 fully saturated rings. The summed E-state index contributed by atoms with van der Waals surface area (Å²) in [5, 5.41) is 10.3. The number of hydrogen-bond acceptors (Lipinski definition) is 1.